The molecule has 0 bridgehead atoms. The van der Waals surface area contributed by atoms with E-state index in [4.69, 9.17) is 5.11 Å². The minimum Gasteiger partial charge on any atom is -0.504 e. The van der Waals surface area contributed by atoms with E-state index >= 15 is 0 Å². The van der Waals surface area contributed by atoms with Crippen LogP contribution in [0.5, 0.6) is 0 Å². The second-order valence-electron chi connectivity index (χ2n) is 2.96. The number of carboxylic acids is 1. The van der Waals surface area contributed by atoms with Gasteiger partial charge in [0.05, 0.1) is 13.4 Å². The number of carbonyl (C=O) groups is 2. The van der Waals surface area contributed by atoms with Crippen LogP contribution in [0.3, 0.4) is 0 Å². The van der Waals surface area contributed by atoms with Crippen molar-refractivity contribution < 1.29 is 19.4 Å². The molecule has 82 valence electrons. The zero-order valence-electron chi connectivity index (χ0n) is 8.23. The smallest absolute Gasteiger partial charge is 0.328 e. The number of ether oxygens (including phenoxy) is 1. The maximum Gasteiger partial charge on any atom is 0.328 e. The van der Waals surface area contributed by atoms with E-state index in [1.165, 1.54) is 27.2 Å². The summed E-state index contributed by atoms with van der Waals surface area (Å²) in [5.74, 6) is -1.60. The first kappa shape index (κ1) is 15.3. The van der Waals surface area contributed by atoms with Crippen molar-refractivity contribution in [3.8, 4) is 0 Å². The Hall–Kier alpha value is -1.23. The molecule has 0 saturated carbocycles. The molecule has 0 spiro atoms. The number of halogens is 1. The standard InChI is InChI=1S/C8H13NO4.ClH/c1-8(2,7(11)12)9-6(10)4-5-13-3;/h4-5H,1-3H3,(H,9,10)(H,11,12);1H/b5-4-;. The van der Waals surface area contributed by atoms with E-state index in [0.29, 0.717) is 0 Å². The number of rotatable bonds is 4. The van der Waals surface area contributed by atoms with Gasteiger partial charge in [-0.15, -0.1) is 12.4 Å². The van der Waals surface area contributed by atoms with Crippen LogP contribution in [0.4, 0.5) is 0 Å². The minimum atomic E-state index is -1.27. The van der Waals surface area contributed by atoms with Crippen molar-refractivity contribution >= 4 is 24.3 Å². The van der Waals surface area contributed by atoms with Gasteiger partial charge in [0.15, 0.2) is 0 Å². The molecule has 0 aromatic carbocycles. The van der Waals surface area contributed by atoms with E-state index in [2.05, 4.69) is 10.1 Å². The second kappa shape index (κ2) is 6.26. The zero-order valence-corrected chi connectivity index (χ0v) is 9.05. The van der Waals surface area contributed by atoms with Crippen molar-refractivity contribution in [3.05, 3.63) is 12.3 Å². The predicted octanol–water partition coefficient (Wildman–Crippen LogP) is 0.548. The highest BCUT2D eigenvalue weighted by Gasteiger charge is 2.27. The highest BCUT2D eigenvalue weighted by Crippen LogP contribution is 2.01. The third kappa shape index (κ3) is 5.42. The molecule has 6 heteroatoms. The average molecular weight is 224 g/mol. The fraction of sp³-hybridized carbons (Fsp3) is 0.500. The maximum absolute atomic E-state index is 11.0. The molecule has 5 nitrogen and oxygen atoms in total. The van der Waals surface area contributed by atoms with Crippen LogP contribution in [0.25, 0.3) is 0 Å². The molecule has 0 heterocycles. The lowest BCUT2D eigenvalue weighted by molar-refractivity contribution is -0.145. The average Bonchev–Trinajstić information content (AvgIpc) is 1.99. The third-order valence-corrected chi connectivity index (χ3v) is 1.33. The van der Waals surface area contributed by atoms with Gasteiger partial charge in [0.2, 0.25) is 5.91 Å². The molecule has 0 aromatic heterocycles. The molecule has 0 saturated heterocycles. The van der Waals surface area contributed by atoms with E-state index in [1.807, 2.05) is 0 Å². The molecule has 1 amide bonds. The first-order valence-electron chi connectivity index (χ1n) is 3.65. The Kier molecular flexibility index (Phi) is 6.82. The number of amides is 1. The molecule has 0 aliphatic carbocycles. The number of nitrogens with one attached hydrogen (secondary N) is 1. The molecule has 0 fully saturated rings. The van der Waals surface area contributed by atoms with Crippen molar-refractivity contribution in [1.82, 2.24) is 5.32 Å². The summed E-state index contributed by atoms with van der Waals surface area (Å²) in [6, 6.07) is 0. The van der Waals surface area contributed by atoms with Crippen LogP contribution in [-0.2, 0) is 14.3 Å². The normalized spacial score (nSPS) is 10.5. The van der Waals surface area contributed by atoms with Crippen molar-refractivity contribution in [2.24, 2.45) is 0 Å². The monoisotopic (exact) mass is 223 g/mol. The van der Waals surface area contributed by atoms with Gasteiger partial charge < -0.3 is 15.2 Å². The number of hydrogen-bond acceptors (Lipinski definition) is 3. The van der Waals surface area contributed by atoms with E-state index in [-0.39, 0.29) is 12.4 Å². The van der Waals surface area contributed by atoms with Crippen LogP contribution in [0, 0.1) is 0 Å². The van der Waals surface area contributed by atoms with Gasteiger partial charge in [0.1, 0.15) is 5.54 Å². The summed E-state index contributed by atoms with van der Waals surface area (Å²) in [7, 11) is 1.39. The van der Waals surface area contributed by atoms with E-state index < -0.39 is 17.4 Å². The van der Waals surface area contributed by atoms with Crippen LogP contribution in [0.1, 0.15) is 13.8 Å². The number of methoxy groups -OCH3 is 1. The Morgan fingerprint density at radius 2 is 1.93 bits per heavy atom. The van der Waals surface area contributed by atoms with Gasteiger partial charge in [-0.2, -0.15) is 0 Å². The van der Waals surface area contributed by atoms with E-state index in [9.17, 15) is 9.59 Å². The lowest BCUT2D eigenvalue weighted by atomic mass is 10.1. The Bertz CT molecular complexity index is 237. The molecule has 0 radical (unpaired) electrons. The molecule has 0 atom stereocenters. The lowest BCUT2D eigenvalue weighted by Crippen LogP contribution is -2.49. The van der Waals surface area contributed by atoms with Gasteiger partial charge in [0, 0.05) is 6.08 Å². The Morgan fingerprint density at radius 1 is 1.43 bits per heavy atom. The zero-order chi connectivity index (χ0) is 10.5. The van der Waals surface area contributed by atoms with Crippen LogP contribution in [0.15, 0.2) is 12.3 Å². The van der Waals surface area contributed by atoms with Crippen LogP contribution >= 0.6 is 12.4 Å². The third-order valence-electron chi connectivity index (χ3n) is 1.33. The van der Waals surface area contributed by atoms with Crippen molar-refractivity contribution in [2.45, 2.75) is 19.4 Å². The van der Waals surface area contributed by atoms with Crippen LogP contribution in [0.2, 0.25) is 0 Å². The molecular weight excluding hydrogens is 210 g/mol. The topological polar surface area (TPSA) is 75.6 Å². The quantitative estimate of drug-likeness (QED) is 0.539. The number of carbonyl (C=O) groups excluding carboxylic acids is 1. The molecule has 0 unspecified atom stereocenters. The van der Waals surface area contributed by atoms with Gasteiger partial charge in [-0.05, 0) is 13.8 Å². The Morgan fingerprint density at radius 3 is 2.29 bits per heavy atom. The van der Waals surface area contributed by atoms with Gasteiger partial charge in [-0.3, -0.25) is 4.79 Å². The van der Waals surface area contributed by atoms with Crippen LogP contribution in [-0.4, -0.2) is 29.6 Å². The largest absolute Gasteiger partial charge is 0.504 e. The molecule has 0 rings (SSSR count). The number of hydrogen-bond donors (Lipinski definition) is 2. The number of carboxylic acid groups (broad SMARTS) is 1. The maximum atomic E-state index is 11.0. The van der Waals surface area contributed by atoms with Gasteiger partial charge >= 0.3 is 5.97 Å². The highest BCUT2D eigenvalue weighted by molar-refractivity contribution is 5.92. The SMILES string of the molecule is CO/C=C\C(=O)NC(C)(C)C(=O)O.Cl. The summed E-state index contributed by atoms with van der Waals surface area (Å²) in [5.41, 5.74) is -1.27. The summed E-state index contributed by atoms with van der Waals surface area (Å²) in [4.78, 5) is 21.5. The summed E-state index contributed by atoms with van der Waals surface area (Å²) in [6.07, 6.45) is 2.29. The molecular formula is C8H14ClNO4. The summed E-state index contributed by atoms with van der Waals surface area (Å²) in [5, 5.41) is 10.9. The minimum absolute atomic E-state index is 0. The highest BCUT2D eigenvalue weighted by atomic mass is 35.5. The van der Waals surface area contributed by atoms with Crippen molar-refractivity contribution in [1.29, 1.82) is 0 Å². The fourth-order valence-electron chi connectivity index (χ4n) is 0.533. The molecule has 2 N–H and O–H groups in total. The molecule has 0 aromatic rings. The Balaban J connectivity index is 0. The molecule has 0 aliphatic heterocycles. The van der Waals surface area contributed by atoms with Gasteiger partial charge in [-0.1, -0.05) is 0 Å². The van der Waals surface area contributed by atoms with Gasteiger partial charge in [0.25, 0.3) is 0 Å². The number of aliphatic carboxylic acids is 1. The molecule has 0 aliphatic rings. The van der Waals surface area contributed by atoms with E-state index in [0.717, 1.165) is 6.08 Å². The fourth-order valence-corrected chi connectivity index (χ4v) is 0.533. The lowest BCUT2D eigenvalue weighted by Gasteiger charge is -2.19. The van der Waals surface area contributed by atoms with Gasteiger partial charge in [-0.25, -0.2) is 4.79 Å². The van der Waals surface area contributed by atoms with E-state index in [1.54, 1.807) is 0 Å². The predicted molar refractivity (Wildman–Crippen MR) is 53.3 cm³/mol. The second-order valence-corrected chi connectivity index (χ2v) is 2.96. The first-order valence-corrected chi connectivity index (χ1v) is 3.65. The first-order chi connectivity index (χ1) is 5.90. The summed E-state index contributed by atoms with van der Waals surface area (Å²) < 4.78 is 4.50. The summed E-state index contributed by atoms with van der Waals surface area (Å²) in [6.45, 7) is 2.79. The Labute approximate surface area is 88.5 Å². The summed E-state index contributed by atoms with van der Waals surface area (Å²) >= 11 is 0. The van der Waals surface area contributed by atoms with Crippen molar-refractivity contribution in [2.75, 3.05) is 7.11 Å². The van der Waals surface area contributed by atoms with Crippen LogP contribution < -0.4 is 5.32 Å². The molecule has 14 heavy (non-hydrogen) atoms. The van der Waals surface area contributed by atoms with Crippen molar-refractivity contribution in [3.63, 3.8) is 0 Å².